The average Bonchev–Trinajstić information content (AvgIpc) is 2.98. The van der Waals surface area contributed by atoms with Gasteiger partial charge in [-0.2, -0.15) is 0 Å². The third-order valence-corrected chi connectivity index (χ3v) is 4.00. The Morgan fingerprint density at radius 2 is 1.76 bits per heavy atom. The van der Waals surface area contributed by atoms with Crippen LogP contribution in [0.1, 0.15) is 0 Å². The lowest BCUT2D eigenvalue weighted by Crippen LogP contribution is -1.89. The molecular weight excluding hydrogens is 304 g/mol. The predicted molar refractivity (Wildman–Crippen MR) is 88.8 cm³/mol. The smallest absolute Gasteiger partial charge is 0.187 e. The first-order valence-corrected chi connectivity index (χ1v) is 7.63. The summed E-state index contributed by atoms with van der Waals surface area (Å²) < 4.78 is 5.16. The second-order valence-corrected chi connectivity index (χ2v) is 5.69. The van der Waals surface area contributed by atoms with Crippen molar-refractivity contribution in [3.05, 3.63) is 58.9 Å². The van der Waals surface area contributed by atoms with Gasteiger partial charge in [0.05, 0.1) is 12.8 Å². The van der Waals surface area contributed by atoms with Crippen molar-refractivity contribution in [2.24, 2.45) is 0 Å². The predicted octanol–water partition coefficient (Wildman–Crippen LogP) is 5.22. The van der Waals surface area contributed by atoms with Crippen LogP contribution < -0.4 is 10.1 Å². The number of nitrogens with one attached hydrogen (secondary N) is 1. The lowest BCUT2D eigenvalue weighted by atomic mass is 10.2. The van der Waals surface area contributed by atoms with Crippen LogP contribution in [0.5, 0.6) is 5.75 Å². The molecule has 106 valence electrons. The highest BCUT2D eigenvalue weighted by molar-refractivity contribution is 7.14. The Bertz CT molecular complexity index is 723. The van der Waals surface area contributed by atoms with Gasteiger partial charge in [0, 0.05) is 21.7 Å². The second-order valence-electron chi connectivity index (χ2n) is 4.40. The van der Waals surface area contributed by atoms with Crippen LogP contribution >= 0.6 is 22.9 Å². The van der Waals surface area contributed by atoms with Crippen LogP contribution in [-0.4, -0.2) is 12.1 Å². The maximum atomic E-state index is 5.87. The van der Waals surface area contributed by atoms with Crippen LogP contribution in [0.25, 0.3) is 11.3 Å². The van der Waals surface area contributed by atoms with Crippen LogP contribution in [0.4, 0.5) is 10.8 Å². The highest BCUT2D eigenvalue weighted by Gasteiger charge is 2.05. The molecule has 5 heteroatoms. The van der Waals surface area contributed by atoms with Crippen LogP contribution in [-0.2, 0) is 0 Å². The van der Waals surface area contributed by atoms with Crippen molar-refractivity contribution >= 4 is 33.8 Å². The summed E-state index contributed by atoms with van der Waals surface area (Å²) in [4.78, 5) is 4.59. The SMILES string of the molecule is COc1ccc(-c2csc(Nc3ccc(Cl)cc3)n2)cc1. The number of ether oxygens (including phenoxy) is 1. The number of anilines is 2. The van der Waals surface area contributed by atoms with E-state index >= 15 is 0 Å². The molecule has 1 N–H and O–H groups in total. The Morgan fingerprint density at radius 3 is 2.43 bits per heavy atom. The molecule has 2 aromatic carbocycles. The Balaban J connectivity index is 1.77. The van der Waals surface area contributed by atoms with E-state index < -0.39 is 0 Å². The minimum atomic E-state index is 0.721. The molecule has 3 nitrogen and oxygen atoms in total. The molecule has 0 atom stereocenters. The van der Waals surface area contributed by atoms with E-state index in [2.05, 4.69) is 10.3 Å². The molecule has 1 aromatic heterocycles. The molecule has 0 bridgehead atoms. The van der Waals surface area contributed by atoms with Gasteiger partial charge in [0.25, 0.3) is 0 Å². The van der Waals surface area contributed by atoms with E-state index in [1.54, 1.807) is 18.4 Å². The Morgan fingerprint density at radius 1 is 1.05 bits per heavy atom. The van der Waals surface area contributed by atoms with Gasteiger partial charge in [0.1, 0.15) is 5.75 Å². The van der Waals surface area contributed by atoms with Crippen molar-refractivity contribution in [1.29, 1.82) is 0 Å². The molecule has 0 saturated carbocycles. The van der Waals surface area contributed by atoms with Crippen LogP contribution in [0.3, 0.4) is 0 Å². The van der Waals surface area contributed by atoms with E-state index in [-0.39, 0.29) is 0 Å². The number of thiazole rings is 1. The fourth-order valence-electron chi connectivity index (χ4n) is 1.88. The quantitative estimate of drug-likeness (QED) is 0.717. The molecule has 21 heavy (non-hydrogen) atoms. The largest absolute Gasteiger partial charge is 0.497 e. The van der Waals surface area contributed by atoms with E-state index in [1.807, 2.05) is 53.9 Å². The molecule has 0 unspecified atom stereocenters. The highest BCUT2D eigenvalue weighted by atomic mass is 35.5. The van der Waals surface area contributed by atoms with Crippen LogP contribution in [0, 0.1) is 0 Å². The molecule has 3 rings (SSSR count). The van der Waals surface area contributed by atoms with Gasteiger partial charge in [0.2, 0.25) is 0 Å². The van der Waals surface area contributed by atoms with Gasteiger partial charge < -0.3 is 10.1 Å². The number of rotatable bonds is 4. The summed E-state index contributed by atoms with van der Waals surface area (Å²) in [5, 5.41) is 6.87. The maximum Gasteiger partial charge on any atom is 0.187 e. The van der Waals surface area contributed by atoms with Gasteiger partial charge in [-0.05, 0) is 48.5 Å². The summed E-state index contributed by atoms with van der Waals surface area (Å²) in [5.41, 5.74) is 2.98. The third-order valence-electron chi connectivity index (χ3n) is 2.99. The molecule has 0 aliphatic heterocycles. The third kappa shape index (κ3) is 3.35. The molecule has 0 amide bonds. The van der Waals surface area contributed by atoms with E-state index in [0.717, 1.165) is 32.8 Å². The van der Waals surface area contributed by atoms with Gasteiger partial charge in [-0.3, -0.25) is 0 Å². The summed E-state index contributed by atoms with van der Waals surface area (Å²) in [5.74, 6) is 0.841. The van der Waals surface area contributed by atoms with Crippen LogP contribution in [0.15, 0.2) is 53.9 Å². The van der Waals surface area contributed by atoms with Crippen molar-refractivity contribution in [2.45, 2.75) is 0 Å². The summed E-state index contributed by atoms with van der Waals surface area (Å²) in [6.07, 6.45) is 0. The van der Waals surface area contributed by atoms with E-state index in [4.69, 9.17) is 16.3 Å². The van der Waals surface area contributed by atoms with Gasteiger partial charge in [-0.25, -0.2) is 4.98 Å². The molecule has 0 aliphatic rings. The number of hydrogen-bond acceptors (Lipinski definition) is 4. The molecule has 0 aliphatic carbocycles. The number of hydrogen-bond donors (Lipinski definition) is 1. The standard InChI is InChI=1S/C16H13ClN2OS/c1-20-14-8-2-11(3-9-14)15-10-21-16(19-15)18-13-6-4-12(17)5-7-13/h2-10H,1H3,(H,18,19). The number of methoxy groups -OCH3 is 1. The van der Waals surface area contributed by atoms with Crippen LogP contribution in [0.2, 0.25) is 5.02 Å². The van der Waals surface area contributed by atoms with E-state index in [1.165, 1.54) is 0 Å². The second kappa shape index (κ2) is 6.16. The van der Waals surface area contributed by atoms with Crippen molar-refractivity contribution < 1.29 is 4.74 Å². The molecular formula is C16H13ClN2OS. The monoisotopic (exact) mass is 316 g/mol. The normalized spacial score (nSPS) is 10.4. The Kier molecular flexibility index (Phi) is 4.08. The van der Waals surface area contributed by atoms with Crippen molar-refractivity contribution in [3.8, 4) is 17.0 Å². The molecule has 0 saturated heterocycles. The van der Waals surface area contributed by atoms with Crippen molar-refractivity contribution in [1.82, 2.24) is 4.98 Å². The minimum absolute atomic E-state index is 0.721. The fourth-order valence-corrected chi connectivity index (χ4v) is 2.75. The maximum absolute atomic E-state index is 5.87. The Hall–Kier alpha value is -2.04. The van der Waals surface area contributed by atoms with E-state index in [0.29, 0.717) is 0 Å². The lowest BCUT2D eigenvalue weighted by molar-refractivity contribution is 0.415. The molecule has 0 fully saturated rings. The number of halogens is 1. The van der Waals surface area contributed by atoms with Gasteiger partial charge in [-0.1, -0.05) is 11.6 Å². The number of nitrogens with zero attached hydrogens (tertiary/aromatic N) is 1. The first kappa shape index (κ1) is 13.9. The van der Waals surface area contributed by atoms with Gasteiger partial charge in [0.15, 0.2) is 5.13 Å². The molecule has 0 spiro atoms. The molecule has 0 radical (unpaired) electrons. The zero-order valence-corrected chi connectivity index (χ0v) is 12.9. The topological polar surface area (TPSA) is 34.1 Å². The van der Waals surface area contributed by atoms with Crippen molar-refractivity contribution in [2.75, 3.05) is 12.4 Å². The zero-order chi connectivity index (χ0) is 14.7. The van der Waals surface area contributed by atoms with Crippen molar-refractivity contribution in [3.63, 3.8) is 0 Å². The summed E-state index contributed by atoms with van der Waals surface area (Å²) in [6.45, 7) is 0. The zero-order valence-electron chi connectivity index (χ0n) is 11.3. The lowest BCUT2D eigenvalue weighted by Gasteiger charge is -2.02. The van der Waals surface area contributed by atoms with E-state index in [9.17, 15) is 0 Å². The summed E-state index contributed by atoms with van der Waals surface area (Å²) >= 11 is 7.44. The number of benzene rings is 2. The Labute approximate surface area is 132 Å². The molecule has 1 heterocycles. The van der Waals surface area contributed by atoms with Gasteiger partial charge >= 0.3 is 0 Å². The first-order chi connectivity index (χ1) is 10.2. The fraction of sp³-hybridized carbons (Fsp3) is 0.0625. The summed E-state index contributed by atoms with van der Waals surface area (Å²) in [6, 6.07) is 15.4. The number of aromatic nitrogens is 1. The van der Waals surface area contributed by atoms with Gasteiger partial charge in [-0.15, -0.1) is 11.3 Å². The first-order valence-electron chi connectivity index (χ1n) is 6.37. The average molecular weight is 317 g/mol. The highest BCUT2D eigenvalue weighted by Crippen LogP contribution is 2.28. The summed E-state index contributed by atoms with van der Waals surface area (Å²) in [7, 11) is 1.66. The molecule has 3 aromatic rings. The minimum Gasteiger partial charge on any atom is -0.497 e.